The Balaban J connectivity index is 1.78. The van der Waals surface area contributed by atoms with E-state index in [0.717, 1.165) is 23.8 Å². The molecule has 4 heteroatoms. The van der Waals surface area contributed by atoms with E-state index >= 15 is 0 Å². The number of fused-ring (bicyclic) bond motifs is 1. The van der Waals surface area contributed by atoms with Gasteiger partial charge in [-0.25, -0.2) is 4.99 Å². The molecule has 0 spiro atoms. The maximum absolute atomic E-state index is 5.89. The highest BCUT2D eigenvalue weighted by Gasteiger charge is 2.22. The van der Waals surface area contributed by atoms with Crippen molar-refractivity contribution in [1.29, 1.82) is 0 Å². The molecule has 0 aliphatic heterocycles. The van der Waals surface area contributed by atoms with Crippen LogP contribution >= 0.6 is 0 Å². The molecular formula is C16H21N3O. The first kappa shape index (κ1) is 13.0. The van der Waals surface area contributed by atoms with E-state index in [9.17, 15) is 0 Å². The molecule has 1 saturated carbocycles. The molecule has 2 aromatic rings. The maximum atomic E-state index is 5.89. The zero-order chi connectivity index (χ0) is 13.9. The molecule has 20 heavy (non-hydrogen) atoms. The van der Waals surface area contributed by atoms with Crippen molar-refractivity contribution in [2.75, 3.05) is 6.54 Å². The van der Waals surface area contributed by atoms with E-state index in [4.69, 9.17) is 4.42 Å². The van der Waals surface area contributed by atoms with Gasteiger partial charge < -0.3 is 15.1 Å². The van der Waals surface area contributed by atoms with E-state index in [-0.39, 0.29) is 0 Å². The van der Waals surface area contributed by atoms with Crippen LogP contribution in [0.1, 0.15) is 31.1 Å². The van der Waals surface area contributed by atoms with Crippen molar-refractivity contribution < 1.29 is 4.42 Å². The Morgan fingerprint density at radius 1 is 1.35 bits per heavy atom. The lowest BCUT2D eigenvalue weighted by Gasteiger charge is -2.09. The molecule has 1 heterocycles. The highest BCUT2D eigenvalue weighted by molar-refractivity contribution is 5.82. The normalized spacial score (nSPS) is 15.6. The van der Waals surface area contributed by atoms with E-state index < -0.39 is 0 Å². The van der Waals surface area contributed by atoms with Crippen molar-refractivity contribution in [3.8, 4) is 0 Å². The Kier molecular flexibility index (Phi) is 3.63. The van der Waals surface area contributed by atoms with Crippen LogP contribution in [0.25, 0.3) is 11.0 Å². The van der Waals surface area contributed by atoms with Crippen LogP contribution in [0.4, 0.5) is 0 Å². The van der Waals surface area contributed by atoms with Crippen LogP contribution in [0.3, 0.4) is 0 Å². The van der Waals surface area contributed by atoms with Crippen molar-refractivity contribution in [3.63, 3.8) is 0 Å². The maximum Gasteiger partial charge on any atom is 0.191 e. The van der Waals surface area contributed by atoms with Crippen LogP contribution in [-0.2, 0) is 6.54 Å². The summed E-state index contributed by atoms with van der Waals surface area (Å²) in [5.41, 5.74) is 2.13. The van der Waals surface area contributed by atoms with E-state index in [1.54, 1.807) is 0 Å². The average molecular weight is 271 g/mol. The number of benzene rings is 1. The molecule has 1 aromatic heterocycles. The zero-order valence-corrected chi connectivity index (χ0v) is 12.1. The second kappa shape index (κ2) is 5.57. The summed E-state index contributed by atoms with van der Waals surface area (Å²) in [7, 11) is 0. The zero-order valence-electron chi connectivity index (χ0n) is 12.1. The van der Waals surface area contributed by atoms with Gasteiger partial charge in [0, 0.05) is 23.5 Å². The Morgan fingerprint density at radius 3 is 2.85 bits per heavy atom. The summed E-state index contributed by atoms with van der Waals surface area (Å²) < 4.78 is 5.89. The van der Waals surface area contributed by atoms with Crippen molar-refractivity contribution in [2.45, 2.75) is 39.3 Å². The first-order valence-electron chi connectivity index (χ1n) is 7.29. The number of nitrogens with one attached hydrogen (secondary N) is 2. The van der Waals surface area contributed by atoms with Gasteiger partial charge >= 0.3 is 0 Å². The molecular weight excluding hydrogens is 250 g/mol. The van der Waals surface area contributed by atoms with Crippen molar-refractivity contribution in [3.05, 3.63) is 35.6 Å². The minimum absolute atomic E-state index is 0.572. The molecule has 1 aliphatic carbocycles. The van der Waals surface area contributed by atoms with Crippen LogP contribution in [0.2, 0.25) is 0 Å². The summed E-state index contributed by atoms with van der Waals surface area (Å²) in [5.74, 6) is 1.83. The van der Waals surface area contributed by atoms with Gasteiger partial charge in [-0.1, -0.05) is 18.2 Å². The molecule has 1 aliphatic rings. The second-order valence-corrected chi connectivity index (χ2v) is 5.26. The number of hydrogen-bond acceptors (Lipinski definition) is 2. The van der Waals surface area contributed by atoms with Crippen molar-refractivity contribution >= 4 is 16.9 Å². The fourth-order valence-electron chi connectivity index (χ4n) is 2.27. The molecule has 0 radical (unpaired) electrons. The average Bonchev–Trinajstić information content (AvgIpc) is 3.21. The van der Waals surface area contributed by atoms with Crippen LogP contribution in [0, 0.1) is 6.92 Å². The summed E-state index contributed by atoms with van der Waals surface area (Å²) in [6, 6.07) is 8.73. The van der Waals surface area contributed by atoms with Gasteiger partial charge in [0.25, 0.3) is 0 Å². The lowest BCUT2D eigenvalue weighted by atomic mass is 10.1. The molecule has 0 amide bonds. The number of aliphatic imine (C=N–C) groups is 1. The molecule has 3 rings (SSSR count). The number of hydrogen-bond donors (Lipinski definition) is 2. The summed E-state index contributed by atoms with van der Waals surface area (Å²) in [5, 5.41) is 7.87. The van der Waals surface area contributed by atoms with Gasteiger partial charge in [-0.15, -0.1) is 0 Å². The number of nitrogens with zero attached hydrogens (tertiary/aromatic N) is 1. The molecule has 2 N–H and O–H groups in total. The summed E-state index contributed by atoms with van der Waals surface area (Å²) in [6.07, 6.45) is 2.49. The predicted molar refractivity (Wildman–Crippen MR) is 81.9 cm³/mol. The van der Waals surface area contributed by atoms with E-state index in [2.05, 4.69) is 35.5 Å². The Bertz CT molecular complexity index is 626. The fraction of sp³-hybridized carbons (Fsp3) is 0.438. The third-order valence-corrected chi connectivity index (χ3v) is 3.59. The summed E-state index contributed by atoms with van der Waals surface area (Å²) in [6.45, 7) is 5.62. The van der Waals surface area contributed by atoms with Gasteiger partial charge in [0.2, 0.25) is 0 Å². The molecule has 0 bridgehead atoms. The smallest absolute Gasteiger partial charge is 0.191 e. The number of aryl methyl sites for hydroxylation is 1. The van der Waals surface area contributed by atoms with Gasteiger partial charge in [0.1, 0.15) is 17.9 Å². The first-order valence-corrected chi connectivity index (χ1v) is 7.29. The Hall–Kier alpha value is -1.97. The topological polar surface area (TPSA) is 49.6 Å². The third kappa shape index (κ3) is 2.79. The SMILES string of the molecule is CCNC(=NCc1oc2ccccc2c1C)NC1CC1. The predicted octanol–water partition coefficient (Wildman–Crippen LogP) is 2.96. The molecule has 106 valence electrons. The molecule has 0 unspecified atom stereocenters. The molecule has 1 fully saturated rings. The largest absolute Gasteiger partial charge is 0.459 e. The van der Waals surface area contributed by atoms with Crippen molar-refractivity contribution in [2.24, 2.45) is 4.99 Å². The first-order chi connectivity index (χ1) is 9.78. The van der Waals surface area contributed by atoms with Gasteiger partial charge in [0.05, 0.1) is 0 Å². The fourth-order valence-corrected chi connectivity index (χ4v) is 2.27. The number of rotatable bonds is 4. The minimum Gasteiger partial charge on any atom is -0.459 e. The third-order valence-electron chi connectivity index (χ3n) is 3.59. The molecule has 1 aromatic carbocycles. The molecule has 0 atom stereocenters. The van der Waals surface area contributed by atoms with E-state index in [1.807, 2.05) is 18.2 Å². The standard InChI is InChI=1S/C16H21N3O/c1-3-17-16(19-12-8-9-12)18-10-15-11(2)13-6-4-5-7-14(13)20-15/h4-7,12H,3,8-10H2,1-2H3,(H2,17,18,19). The highest BCUT2D eigenvalue weighted by atomic mass is 16.3. The van der Waals surface area contributed by atoms with Crippen molar-refractivity contribution in [1.82, 2.24) is 10.6 Å². The van der Waals surface area contributed by atoms with Crippen LogP contribution in [0.15, 0.2) is 33.7 Å². The number of para-hydroxylation sites is 1. The van der Waals surface area contributed by atoms with E-state index in [1.165, 1.54) is 23.8 Å². The number of guanidine groups is 1. The highest BCUT2D eigenvalue weighted by Crippen LogP contribution is 2.25. The quantitative estimate of drug-likeness (QED) is 0.664. The van der Waals surface area contributed by atoms with Gasteiger partial charge in [0.15, 0.2) is 5.96 Å². The van der Waals surface area contributed by atoms with Crippen LogP contribution < -0.4 is 10.6 Å². The monoisotopic (exact) mass is 271 g/mol. The Morgan fingerprint density at radius 2 is 2.15 bits per heavy atom. The minimum atomic E-state index is 0.572. The van der Waals surface area contributed by atoms with Gasteiger partial charge in [-0.3, -0.25) is 0 Å². The molecule has 4 nitrogen and oxygen atoms in total. The lowest BCUT2D eigenvalue weighted by Crippen LogP contribution is -2.38. The van der Waals surface area contributed by atoms with Crippen LogP contribution in [0.5, 0.6) is 0 Å². The second-order valence-electron chi connectivity index (χ2n) is 5.26. The summed E-state index contributed by atoms with van der Waals surface area (Å²) in [4.78, 5) is 4.62. The Labute approximate surface area is 119 Å². The van der Waals surface area contributed by atoms with Crippen LogP contribution in [-0.4, -0.2) is 18.5 Å². The number of furan rings is 1. The molecule has 0 saturated heterocycles. The van der Waals surface area contributed by atoms with Gasteiger partial charge in [-0.2, -0.15) is 0 Å². The van der Waals surface area contributed by atoms with E-state index in [0.29, 0.717) is 12.6 Å². The lowest BCUT2D eigenvalue weighted by molar-refractivity contribution is 0.548. The summed E-state index contributed by atoms with van der Waals surface area (Å²) >= 11 is 0. The van der Waals surface area contributed by atoms with Gasteiger partial charge in [-0.05, 0) is 32.8 Å².